The fraction of sp³-hybridized carbons (Fsp3) is 0.611. The number of likely N-dealkylation sites (tertiary alicyclic amines) is 1. The van der Waals surface area contributed by atoms with E-state index in [1.807, 2.05) is 0 Å². The maximum absolute atomic E-state index is 13.8. The molecule has 2 heterocycles. The minimum Gasteiger partial charge on any atom is -0.380 e. The van der Waals surface area contributed by atoms with Gasteiger partial charge in [-0.15, -0.1) is 0 Å². The summed E-state index contributed by atoms with van der Waals surface area (Å²) >= 11 is 0. The second kappa shape index (κ2) is 7.57. The molecule has 0 N–H and O–H groups in total. The smallest absolute Gasteiger partial charge is 0.222 e. The highest BCUT2D eigenvalue weighted by Crippen LogP contribution is 2.23. The van der Waals surface area contributed by atoms with E-state index in [0.29, 0.717) is 30.6 Å². The van der Waals surface area contributed by atoms with Crippen molar-refractivity contribution in [1.29, 1.82) is 0 Å². The molecule has 6 heteroatoms. The molecule has 0 aliphatic carbocycles. The second-order valence-electron chi connectivity index (χ2n) is 6.72. The Balaban J connectivity index is 1.62. The molecule has 2 aliphatic heterocycles. The van der Waals surface area contributed by atoms with Crippen LogP contribution in [-0.4, -0.2) is 54.6 Å². The van der Waals surface area contributed by atoms with E-state index in [-0.39, 0.29) is 12.5 Å². The van der Waals surface area contributed by atoms with Crippen LogP contribution in [0.3, 0.4) is 0 Å². The van der Waals surface area contributed by atoms with Crippen LogP contribution in [0.15, 0.2) is 18.2 Å². The molecular formula is C18H24F2N2O2. The van der Waals surface area contributed by atoms with Gasteiger partial charge in [0.25, 0.3) is 0 Å². The normalized spacial score (nSPS) is 25.3. The molecule has 1 aromatic rings. The zero-order valence-corrected chi connectivity index (χ0v) is 14.0. The molecule has 0 spiro atoms. The van der Waals surface area contributed by atoms with Crippen molar-refractivity contribution in [3.63, 3.8) is 0 Å². The largest absolute Gasteiger partial charge is 0.380 e. The van der Waals surface area contributed by atoms with Crippen LogP contribution in [0.2, 0.25) is 0 Å². The SMILES string of the molecule is CN(C1CCC(=O)N(Cc2ccc(F)cc2F)CC1)C1CCOC1. The average molecular weight is 338 g/mol. The van der Waals surface area contributed by atoms with Gasteiger partial charge >= 0.3 is 0 Å². The summed E-state index contributed by atoms with van der Waals surface area (Å²) in [4.78, 5) is 16.4. The summed E-state index contributed by atoms with van der Waals surface area (Å²) in [6.45, 7) is 2.36. The second-order valence-corrected chi connectivity index (χ2v) is 6.72. The van der Waals surface area contributed by atoms with Crippen LogP contribution in [0.25, 0.3) is 0 Å². The summed E-state index contributed by atoms with van der Waals surface area (Å²) in [5.74, 6) is -1.15. The topological polar surface area (TPSA) is 32.8 Å². The Morgan fingerprint density at radius 2 is 2.08 bits per heavy atom. The van der Waals surface area contributed by atoms with E-state index in [2.05, 4.69) is 11.9 Å². The molecule has 2 fully saturated rings. The number of halogens is 2. The predicted octanol–water partition coefficient (Wildman–Crippen LogP) is 2.57. The van der Waals surface area contributed by atoms with E-state index in [4.69, 9.17) is 4.74 Å². The molecule has 1 amide bonds. The van der Waals surface area contributed by atoms with Crippen LogP contribution in [0.5, 0.6) is 0 Å². The van der Waals surface area contributed by atoms with E-state index in [9.17, 15) is 13.6 Å². The molecular weight excluding hydrogens is 314 g/mol. The molecule has 0 bridgehead atoms. The van der Waals surface area contributed by atoms with Gasteiger partial charge in [-0.1, -0.05) is 6.07 Å². The quantitative estimate of drug-likeness (QED) is 0.846. The number of benzene rings is 1. The van der Waals surface area contributed by atoms with Crippen molar-refractivity contribution in [3.8, 4) is 0 Å². The highest BCUT2D eigenvalue weighted by molar-refractivity contribution is 5.76. The summed E-state index contributed by atoms with van der Waals surface area (Å²) in [5.41, 5.74) is 0.362. The lowest BCUT2D eigenvalue weighted by molar-refractivity contribution is -0.131. The summed E-state index contributed by atoms with van der Waals surface area (Å²) < 4.78 is 32.3. The summed E-state index contributed by atoms with van der Waals surface area (Å²) in [7, 11) is 2.10. The van der Waals surface area contributed by atoms with E-state index < -0.39 is 11.6 Å². The lowest BCUT2D eigenvalue weighted by Crippen LogP contribution is -2.41. The Labute approximate surface area is 141 Å². The molecule has 1 aromatic carbocycles. The summed E-state index contributed by atoms with van der Waals surface area (Å²) in [5, 5.41) is 0. The fourth-order valence-electron chi connectivity index (χ4n) is 3.59. The number of carbonyl (C=O) groups excluding carboxylic acids is 1. The van der Waals surface area contributed by atoms with Crippen molar-refractivity contribution in [3.05, 3.63) is 35.4 Å². The van der Waals surface area contributed by atoms with Crippen LogP contribution in [0.4, 0.5) is 8.78 Å². The van der Waals surface area contributed by atoms with Gasteiger partial charge in [0.05, 0.1) is 6.61 Å². The van der Waals surface area contributed by atoms with Crippen molar-refractivity contribution in [1.82, 2.24) is 9.80 Å². The molecule has 0 radical (unpaired) electrons. The minimum atomic E-state index is -0.598. The van der Waals surface area contributed by atoms with E-state index in [1.165, 1.54) is 12.1 Å². The standard InChI is InChI=1S/C18H24F2N2O2/c1-21(16-7-9-24-12-16)15-4-5-18(23)22(8-6-15)11-13-2-3-14(19)10-17(13)20/h2-3,10,15-16H,4-9,11-12H2,1H3. The number of amides is 1. The first kappa shape index (κ1) is 17.3. The van der Waals surface area contributed by atoms with E-state index in [0.717, 1.165) is 38.5 Å². The van der Waals surface area contributed by atoms with Gasteiger partial charge in [0.1, 0.15) is 11.6 Å². The van der Waals surface area contributed by atoms with Gasteiger partial charge in [0, 0.05) is 49.8 Å². The molecule has 132 valence electrons. The fourth-order valence-corrected chi connectivity index (χ4v) is 3.59. The molecule has 4 nitrogen and oxygen atoms in total. The van der Waals surface area contributed by atoms with Gasteiger partial charge < -0.3 is 9.64 Å². The van der Waals surface area contributed by atoms with Crippen LogP contribution in [0, 0.1) is 11.6 Å². The molecule has 0 saturated carbocycles. The maximum atomic E-state index is 13.8. The summed E-state index contributed by atoms with van der Waals surface area (Å²) in [6.07, 6.45) is 3.17. The molecule has 2 unspecified atom stereocenters. The van der Waals surface area contributed by atoms with Crippen LogP contribution in [-0.2, 0) is 16.1 Å². The van der Waals surface area contributed by atoms with E-state index >= 15 is 0 Å². The molecule has 2 saturated heterocycles. The van der Waals surface area contributed by atoms with Gasteiger partial charge in [0.2, 0.25) is 5.91 Å². The minimum absolute atomic E-state index is 0.0392. The number of hydrogen-bond acceptors (Lipinski definition) is 3. The molecule has 0 aromatic heterocycles. The lowest BCUT2D eigenvalue weighted by atomic mass is 10.1. The zero-order valence-electron chi connectivity index (χ0n) is 14.0. The highest BCUT2D eigenvalue weighted by atomic mass is 19.1. The van der Waals surface area contributed by atoms with Crippen molar-refractivity contribution in [2.45, 2.75) is 44.3 Å². The predicted molar refractivity (Wildman–Crippen MR) is 86.4 cm³/mol. The van der Waals surface area contributed by atoms with Gasteiger partial charge in [-0.3, -0.25) is 9.69 Å². The van der Waals surface area contributed by atoms with Crippen LogP contribution < -0.4 is 0 Å². The first-order valence-corrected chi connectivity index (χ1v) is 8.56. The molecule has 2 aliphatic rings. The average Bonchev–Trinajstić information content (AvgIpc) is 3.03. The third kappa shape index (κ3) is 3.92. The number of nitrogens with zero attached hydrogens (tertiary/aromatic N) is 2. The van der Waals surface area contributed by atoms with Crippen LogP contribution >= 0.6 is 0 Å². The zero-order chi connectivity index (χ0) is 17.1. The van der Waals surface area contributed by atoms with E-state index in [1.54, 1.807) is 4.90 Å². The number of likely N-dealkylation sites (N-methyl/N-ethyl adjacent to an activating group) is 1. The van der Waals surface area contributed by atoms with Crippen molar-refractivity contribution < 1.29 is 18.3 Å². The Morgan fingerprint density at radius 3 is 2.79 bits per heavy atom. The highest BCUT2D eigenvalue weighted by Gasteiger charge is 2.30. The Kier molecular flexibility index (Phi) is 5.46. The molecule has 3 rings (SSSR count). The number of carbonyl (C=O) groups is 1. The molecule has 2 atom stereocenters. The van der Waals surface area contributed by atoms with Gasteiger partial charge in [-0.2, -0.15) is 0 Å². The summed E-state index contributed by atoms with van der Waals surface area (Å²) in [6, 6.07) is 4.28. The number of ether oxygens (including phenoxy) is 1. The first-order valence-electron chi connectivity index (χ1n) is 8.56. The van der Waals surface area contributed by atoms with Crippen molar-refractivity contribution in [2.75, 3.05) is 26.8 Å². The Morgan fingerprint density at radius 1 is 1.25 bits per heavy atom. The lowest BCUT2D eigenvalue weighted by Gasteiger charge is -2.31. The van der Waals surface area contributed by atoms with Crippen molar-refractivity contribution in [2.24, 2.45) is 0 Å². The van der Waals surface area contributed by atoms with Gasteiger partial charge in [-0.05, 0) is 32.4 Å². The monoisotopic (exact) mass is 338 g/mol. The van der Waals surface area contributed by atoms with Gasteiger partial charge in [0.15, 0.2) is 0 Å². The third-order valence-corrected chi connectivity index (χ3v) is 5.21. The maximum Gasteiger partial charge on any atom is 0.222 e. The Hall–Kier alpha value is -1.53. The molecule has 24 heavy (non-hydrogen) atoms. The number of rotatable bonds is 4. The third-order valence-electron chi connectivity index (χ3n) is 5.21. The van der Waals surface area contributed by atoms with Crippen LogP contribution in [0.1, 0.15) is 31.2 Å². The first-order chi connectivity index (χ1) is 11.5. The number of hydrogen-bond donors (Lipinski definition) is 0. The Bertz CT molecular complexity index is 590. The van der Waals surface area contributed by atoms with Crippen molar-refractivity contribution >= 4 is 5.91 Å². The van der Waals surface area contributed by atoms with Gasteiger partial charge in [-0.25, -0.2) is 8.78 Å².